The monoisotopic (exact) mass is 238 g/mol. The number of aromatic nitrogens is 2. The molecule has 0 atom stereocenters. The van der Waals surface area contributed by atoms with Crippen LogP contribution >= 0.6 is 0 Å². The van der Waals surface area contributed by atoms with Crippen molar-refractivity contribution in [3.05, 3.63) is 17.8 Å². The first-order chi connectivity index (χ1) is 7.99. The molecule has 0 saturated carbocycles. The van der Waals surface area contributed by atoms with Gasteiger partial charge in [-0.3, -0.25) is 4.79 Å². The zero-order valence-electron chi connectivity index (χ0n) is 9.60. The fourth-order valence-corrected chi connectivity index (χ4v) is 1.08. The predicted molar refractivity (Wildman–Crippen MR) is 60.8 cm³/mol. The number of carboxylic acid groups (broad SMARTS) is 1. The molecule has 0 fully saturated rings. The number of nitrogens with zero attached hydrogens (tertiary/aromatic N) is 2. The number of anilines is 1. The molecule has 0 saturated heterocycles. The number of aromatic carboxylic acids is 1. The molecule has 0 bridgehead atoms. The zero-order valence-corrected chi connectivity index (χ0v) is 9.60. The molecule has 1 rings (SSSR count). The summed E-state index contributed by atoms with van der Waals surface area (Å²) in [6.45, 7) is 3.79. The smallest absolute Gasteiger partial charge is 0.356 e. The number of carboxylic acids is 1. The lowest BCUT2D eigenvalue weighted by Crippen LogP contribution is -2.35. The van der Waals surface area contributed by atoms with Crippen LogP contribution in [0.5, 0.6) is 0 Å². The van der Waals surface area contributed by atoms with Gasteiger partial charge in [-0.25, -0.2) is 4.79 Å². The third-order valence-electron chi connectivity index (χ3n) is 1.76. The Bertz CT molecular complexity index is 403. The molecule has 0 aliphatic heterocycles. The molecule has 0 aromatic carbocycles. The number of carbonyl (C=O) groups excluding carboxylic acids is 1. The average Bonchev–Trinajstić information content (AvgIpc) is 2.26. The highest BCUT2D eigenvalue weighted by Crippen LogP contribution is 2.01. The van der Waals surface area contributed by atoms with Gasteiger partial charge in [-0.2, -0.15) is 0 Å². The van der Waals surface area contributed by atoms with Crippen molar-refractivity contribution in [3.8, 4) is 0 Å². The fourth-order valence-electron chi connectivity index (χ4n) is 1.08. The van der Waals surface area contributed by atoms with E-state index in [0.29, 0.717) is 5.82 Å². The summed E-state index contributed by atoms with van der Waals surface area (Å²) < 4.78 is 0. The molecule has 0 aliphatic rings. The summed E-state index contributed by atoms with van der Waals surface area (Å²) in [6.07, 6.45) is 0. The Kier molecular flexibility index (Phi) is 4.38. The van der Waals surface area contributed by atoms with Gasteiger partial charge in [0, 0.05) is 6.04 Å². The second-order valence-corrected chi connectivity index (χ2v) is 3.68. The van der Waals surface area contributed by atoms with Gasteiger partial charge in [-0.05, 0) is 26.0 Å². The summed E-state index contributed by atoms with van der Waals surface area (Å²) in [7, 11) is 0. The largest absolute Gasteiger partial charge is 0.476 e. The van der Waals surface area contributed by atoms with Crippen molar-refractivity contribution < 1.29 is 14.7 Å². The molecule has 7 heteroatoms. The molecule has 3 N–H and O–H groups in total. The van der Waals surface area contributed by atoms with Crippen LogP contribution in [-0.2, 0) is 4.79 Å². The van der Waals surface area contributed by atoms with Gasteiger partial charge in [-0.1, -0.05) is 0 Å². The van der Waals surface area contributed by atoms with Gasteiger partial charge in [0.15, 0.2) is 5.69 Å². The van der Waals surface area contributed by atoms with Gasteiger partial charge in [-0.15, -0.1) is 10.2 Å². The van der Waals surface area contributed by atoms with E-state index in [1.807, 2.05) is 13.8 Å². The van der Waals surface area contributed by atoms with E-state index in [-0.39, 0.29) is 24.2 Å². The summed E-state index contributed by atoms with van der Waals surface area (Å²) in [5.74, 6) is -0.945. The van der Waals surface area contributed by atoms with Gasteiger partial charge in [0.05, 0.1) is 6.54 Å². The number of hydrogen-bond donors (Lipinski definition) is 3. The highest BCUT2D eigenvalue weighted by Gasteiger charge is 2.06. The highest BCUT2D eigenvalue weighted by atomic mass is 16.4. The maximum Gasteiger partial charge on any atom is 0.356 e. The Morgan fingerprint density at radius 2 is 2.06 bits per heavy atom. The summed E-state index contributed by atoms with van der Waals surface area (Å²) in [4.78, 5) is 21.8. The van der Waals surface area contributed by atoms with Crippen molar-refractivity contribution in [2.24, 2.45) is 0 Å². The summed E-state index contributed by atoms with van der Waals surface area (Å²) in [5.41, 5.74) is -0.137. The molecule has 17 heavy (non-hydrogen) atoms. The minimum absolute atomic E-state index is 0.0687. The van der Waals surface area contributed by atoms with E-state index in [4.69, 9.17) is 5.11 Å². The molecule has 1 aromatic heterocycles. The van der Waals surface area contributed by atoms with Crippen molar-refractivity contribution >= 4 is 17.7 Å². The third kappa shape index (κ3) is 4.45. The molecule has 1 heterocycles. The minimum Gasteiger partial charge on any atom is -0.476 e. The second-order valence-electron chi connectivity index (χ2n) is 3.68. The molecule has 0 aliphatic carbocycles. The Balaban J connectivity index is 2.47. The molecule has 0 radical (unpaired) electrons. The maximum absolute atomic E-state index is 11.3. The lowest BCUT2D eigenvalue weighted by molar-refractivity contribution is -0.119. The summed E-state index contributed by atoms with van der Waals surface area (Å²) in [6, 6.07) is 2.85. The van der Waals surface area contributed by atoms with Crippen LogP contribution in [0.25, 0.3) is 0 Å². The summed E-state index contributed by atoms with van der Waals surface area (Å²) in [5, 5.41) is 21.1. The normalized spacial score (nSPS) is 10.1. The third-order valence-corrected chi connectivity index (χ3v) is 1.76. The quantitative estimate of drug-likeness (QED) is 0.672. The molecule has 7 nitrogen and oxygen atoms in total. The Labute approximate surface area is 98.2 Å². The number of hydrogen-bond acceptors (Lipinski definition) is 5. The first kappa shape index (κ1) is 12.9. The number of nitrogens with one attached hydrogen (secondary N) is 2. The number of amides is 1. The van der Waals surface area contributed by atoms with Crippen LogP contribution in [0, 0.1) is 0 Å². The van der Waals surface area contributed by atoms with E-state index < -0.39 is 5.97 Å². The van der Waals surface area contributed by atoms with E-state index >= 15 is 0 Å². The van der Waals surface area contributed by atoms with E-state index in [9.17, 15) is 9.59 Å². The first-order valence-corrected chi connectivity index (χ1v) is 5.09. The average molecular weight is 238 g/mol. The van der Waals surface area contributed by atoms with Crippen molar-refractivity contribution in [2.75, 3.05) is 11.9 Å². The topological polar surface area (TPSA) is 104 Å². The van der Waals surface area contributed by atoms with Gasteiger partial charge >= 0.3 is 5.97 Å². The van der Waals surface area contributed by atoms with Crippen molar-refractivity contribution in [3.63, 3.8) is 0 Å². The molecular weight excluding hydrogens is 224 g/mol. The van der Waals surface area contributed by atoms with Gasteiger partial charge < -0.3 is 15.7 Å². The van der Waals surface area contributed by atoms with Crippen molar-refractivity contribution in [1.82, 2.24) is 15.5 Å². The standard InChI is InChI=1S/C10H14N4O3/c1-6(2)12-9(15)5-11-8-4-3-7(10(16)17)13-14-8/h3-4,6H,5H2,1-2H3,(H,11,14)(H,12,15)(H,16,17). The van der Waals surface area contributed by atoms with Gasteiger partial charge in [0.2, 0.25) is 5.91 Å². The summed E-state index contributed by atoms with van der Waals surface area (Å²) >= 11 is 0. The molecule has 0 unspecified atom stereocenters. The van der Waals surface area contributed by atoms with Crippen molar-refractivity contribution in [1.29, 1.82) is 0 Å². The Morgan fingerprint density at radius 1 is 1.35 bits per heavy atom. The predicted octanol–water partition coefficient (Wildman–Crippen LogP) is 0.111. The van der Waals surface area contributed by atoms with Crippen LogP contribution in [0.4, 0.5) is 5.82 Å². The van der Waals surface area contributed by atoms with E-state index in [1.165, 1.54) is 12.1 Å². The van der Waals surface area contributed by atoms with Gasteiger partial charge in [0.1, 0.15) is 5.82 Å². The minimum atomic E-state index is -1.14. The lowest BCUT2D eigenvalue weighted by Gasteiger charge is -2.09. The van der Waals surface area contributed by atoms with Crippen LogP contribution in [0.1, 0.15) is 24.3 Å². The number of carbonyl (C=O) groups is 2. The Morgan fingerprint density at radius 3 is 2.53 bits per heavy atom. The van der Waals surface area contributed by atoms with Gasteiger partial charge in [0.25, 0.3) is 0 Å². The van der Waals surface area contributed by atoms with Crippen LogP contribution in [0.3, 0.4) is 0 Å². The molecular formula is C10H14N4O3. The van der Waals surface area contributed by atoms with Crippen LogP contribution in [-0.4, -0.2) is 39.8 Å². The second kappa shape index (κ2) is 5.78. The highest BCUT2D eigenvalue weighted by molar-refractivity contribution is 5.85. The SMILES string of the molecule is CC(C)NC(=O)CNc1ccc(C(=O)O)nn1. The van der Waals surface area contributed by atoms with E-state index in [2.05, 4.69) is 20.8 Å². The molecule has 92 valence electrons. The molecule has 0 spiro atoms. The van der Waals surface area contributed by atoms with Crippen molar-refractivity contribution in [2.45, 2.75) is 19.9 Å². The first-order valence-electron chi connectivity index (χ1n) is 5.09. The van der Waals surface area contributed by atoms with E-state index in [0.717, 1.165) is 0 Å². The molecule has 1 amide bonds. The van der Waals surface area contributed by atoms with Crippen LogP contribution in [0.2, 0.25) is 0 Å². The zero-order chi connectivity index (χ0) is 12.8. The fraction of sp³-hybridized carbons (Fsp3) is 0.400. The van der Waals surface area contributed by atoms with E-state index in [1.54, 1.807) is 0 Å². The molecule has 1 aromatic rings. The van der Waals surface area contributed by atoms with Crippen LogP contribution in [0.15, 0.2) is 12.1 Å². The Hall–Kier alpha value is -2.18. The maximum atomic E-state index is 11.3. The van der Waals surface area contributed by atoms with Crippen LogP contribution < -0.4 is 10.6 Å². The number of rotatable bonds is 5. The lowest BCUT2D eigenvalue weighted by atomic mass is 10.3.